The minimum atomic E-state index is -0.262. The van der Waals surface area contributed by atoms with Crippen LogP contribution in [0.15, 0.2) is 12.2 Å². The van der Waals surface area contributed by atoms with Gasteiger partial charge in [0.1, 0.15) is 0 Å². The van der Waals surface area contributed by atoms with Crippen LogP contribution in [0, 0.1) is 71.0 Å². The van der Waals surface area contributed by atoms with Gasteiger partial charge in [-0.3, -0.25) is 9.59 Å². The third-order valence-electron chi connectivity index (χ3n) is 9.51. The molecule has 12 atom stereocenters. The van der Waals surface area contributed by atoms with Gasteiger partial charge < -0.3 is 9.47 Å². The van der Waals surface area contributed by atoms with Crippen LogP contribution < -0.4 is 0 Å². The normalized spacial score (nSPS) is 55.0. The van der Waals surface area contributed by atoms with Gasteiger partial charge in [-0.15, -0.1) is 0 Å². The molecular weight excluding hydrogens is 340 g/mol. The molecule has 6 aliphatic rings. The van der Waals surface area contributed by atoms with Crippen LogP contribution in [-0.4, -0.2) is 25.2 Å². The Bertz CT molecular complexity index is 657. The molecule has 0 aromatic heterocycles. The second-order valence-corrected chi connectivity index (χ2v) is 9.94. The second kappa shape index (κ2) is 5.61. The minimum absolute atomic E-state index is 0.145. The van der Waals surface area contributed by atoms with Crippen molar-refractivity contribution < 1.29 is 19.1 Å². The molecule has 146 valence electrons. The molecule has 27 heavy (non-hydrogen) atoms. The van der Waals surface area contributed by atoms with Crippen molar-refractivity contribution in [2.45, 2.75) is 33.1 Å². The molecule has 0 aromatic rings. The number of rotatable bonds is 4. The molecule has 6 aliphatic carbocycles. The summed E-state index contributed by atoms with van der Waals surface area (Å²) in [4.78, 5) is 25.7. The molecule has 4 heteroatoms. The zero-order valence-electron chi connectivity index (χ0n) is 16.3. The van der Waals surface area contributed by atoms with E-state index in [2.05, 4.69) is 12.2 Å². The van der Waals surface area contributed by atoms with Gasteiger partial charge in [-0.05, 0) is 92.3 Å². The standard InChI is InChI=1S/C23H30O4/c1-3-26-22(24)20-14-9-15(21(20)23(25)27-4-2)19-13-8-12(18(14)19)16-10-5-6-11(7-10)17(13)16/h5-6,10-21H,3-4,7-9H2,1-2H3. The van der Waals surface area contributed by atoms with Gasteiger partial charge in [0.15, 0.2) is 0 Å². The van der Waals surface area contributed by atoms with Crippen LogP contribution in [0.1, 0.15) is 33.1 Å². The highest BCUT2D eigenvalue weighted by Crippen LogP contribution is 2.77. The molecule has 0 amide bonds. The smallest absolute Gasteiger partial charge is 0.310 e. The molecule has 12 unspecified atom stereocenters. The van der Waals surface area contributed by atoms with Gasteiger partial charge in [-0.1, -0.05) is 12.2 Å². The summed E-state index contributed by atoms with van der Waals surface area (Å²) in [6.45, 7) is 4.50. The van der Waals surface area contributed by atoms with E-state index in [1.807, 2.05) is 13.8 Å². The molecule has 0 saturated heterocycles. The fraction of sp³-hybridized carbons (Fsp3) is 0.826. The highest BCUT2D eigenvalue weighted by molar-refractivity contribution is 5.84. The fourth-order valence-corrected chi connectivity index (χ4v) is 9.39. The van der Waals surface area contributed by atoms with Crippen molar-refractivity contribution in [1.29, 1.82) is 0 Å². The Kier molecular flexibility index (Phi) is 3.45. The number of carbonyl (C=O) groups is 2. The van der Waals surface area contributed by atoms with Crippen molar-refractivity contribution in [3.8, 4) is 0 Å². The van der Waals surface area contributed by atoms with Gasteiger partial charge in [-0.25, -0.2) is 0 Å². The number of fused-ring (bicyclic) bond motifs is 16. The Morgan fingerprint density at radius 2 is 1.15 bits per heavy atom. The van der Waals surface area contributed by atoms with Crippen LogP contribution >= 0.6 is 0 Å². The first-order valence-corrected chi connectivity index (χ1v) is 11.2. The van der Waals surface area contributed by atoms with E-state index in [9.17, 15) is 9.59 Å². The lowest BCUT2D eigenvalue weighted by atomic mass is 9.57. The maximum Gasteiger partial charge on any atom is 0.310 e. The topological polar surface area (TPSA) is 52.6 Å². The van der Waals surface area contributed by atoms with Gasteiger partial charge in [0, 0.05) is 0 Å². The molecule has 0 N–H and O–H groups in total. The third-order valence-corrected chi connectivity index (χ3v) is 9.51. The molecule has 0 radical (unpaired) electrons. The Morgan fingerprint density at radius 3 is 1.59 bits per heavy atom. The average molecular weight is 370 g/mol. The molecule has 6 rings (SSSR count). The Balaban J connectivity index is 1.36. The first kappa shape index (κ1) is 16.6. The quantitative estimate of drug-likeness (QED) is 0.433. The largest absolute Gasteiger partial charge is 0.466 e. The van der Waals surface area contributed by atoms with Crippen molar-refractivity contribution in [3.63, 3.8) is 0 Å². The Labute approximate surface area is 161 Å². The molecule has 0 aliphatic heterocycles. The SMILES string of the molecule is CCOC(=O)C1C2CC(C1C(=O)OCC)C1C3CC(C4C5C=CC(C5)C34)C21. The number of hydrogen-bond acceptors (Lipinski definition) is 4. The van der Waals surface area contributed by atoms with E-state index in [0.717, 1.165) is 41.9 Å². The summed E-state index contributed by atoms with van der Waals surface area (Å²) in [7, 11) is 0. The summed E-state index contributed by atoms with van der Waals surface area (Å²) < 4.78 is 10.9. The van der Waals surface area contributed by atoms with Crippen LogP contribution in [0.2, 0.25) is 0 Å². The highest BCUT2D eigenvalue weighted by atomic mass is 16.5. The van der Waals surface area contributed by atoms with Gasteiger partial charge in [0.2, 0.25) is 0 Å². The molecule has 5 fully saturated rings. The van der Waals surface area contributed by atoms with Crippen molar-refractivity contribution in [2.75, 3.05) is 13.2 Å². The van der Waals surface area contributed by atoms with Gasteiger partial charge >= 0.3 is 11.9 Å². The zero-order chi connectivity index (χ0) is 18.4. The molecule has 5 saturated carbocycles. The number of esters is 2. The van der Waals surface area contributed by atoms with Crippen LogP contribution in [0.3, 0.4) is 0 Å². The van der Waals surface area contributed by atoms with Crippen molar-refractivity contribution >= 4 is 11.9 Å². The molecule has 4 nitrogen and oxygen atoms in total. The Morgan fingerprint density at radius 1 is 0.704 bits per heavy atom. The van der Waals surface area contributed by atoms with Gasteiger partial charge in [-0.2, -0.15) is 0 Å². The summed E-state index contributed by atoms with van der Waals surface area (Å²) in [6.07, 6.45) is 8.71. The molecule has 0 aromatic carbocycles. The van der Waals surface area contributed by atoms with E-state index in [1.54, 1.807) is 0 Å². The third kappa shape index (κ3) is 1.90. The van der Waals surface area contributed by atoms with Gasteiger partial charge in [0.25, 0.3) is 0 Å². The summed E-state index contributed by atoms with van der Waals surface area (Å²) in [5.74, 6) is 6.01. The number of allylic oxidation sites excluding steroid dienone is 2. The predicted octanol–water partition coefficient (Wildman–Crippen LogP) is 3.32. The summed E-state index contributed by atoms with van der Waals surface area (Å²) in [6, 6.07) is 0. The summed E-state index contributed by atoms with van der Waals surface area (Å²) in [5.41, 5.74) is 0. The predicted molar refractivity (Wildman–Crippen MR) is 98.1 cm³/mol. The number of ether oxygens (including phenoxy) is 2. The highest BCUT2D eigenvalue weighted by Gasteiger charge is 2.74. The van der Waals surface area contributed by atoms with Crippen LogP contribution in [0.25, 0.3) is 0 Å². The van der Waals surface area contributed by atoms with Crippen molar-refractivity contribution in [2.24, 2.45) is 71.0 Å². The van der Waals surface area contributed by atoms with Crippen LogP contribution in [0.4, 0.5) is 0 Å². The maximum absolute atomic E-state index is 12.9. The first-order chi connectivity index (χ1) is 13.2. The lowest BCUT2D eigenvalue weighted by Crippen LogP contribution is -2.49. The molecular formula is C23H30O4. The average Bonchev–Trinajstić information content (AvgIpc) is 3.47. The van der Waals surface area contributed by atoms with E-state index < -0.39 is 0 Å². The van der Waals surface area contributed by atoms with Crippen LogP contribution in [-0.2, 0) is 19.1 Å². The fourth-order valence-electron chi connectivity index (χ4n) is 9.39. The molecule has 0 heterocycles. The number of carbonyl (C=O) groups excluding carboxylic acids is 2. The Hall–Kier alpha value is -1.32. The summed E-state index contributed by atoms with van der Waals surface area (Å²) in [5, 5.41) is 0. The summed E-state index contributed by atoms with van der Waals surface area (Å²) >= 11 is 0. The lowest BCUT2D eigenvalue weighted by molar-refractivity contribution is -0.167. The molecule has 6 bridgehead atoms. The van der Waals surface area contributed by atoms with E-state index in [4.69, 9.17) is 9.47 Å². The maximum atomic E-state index is 12.9. The first-order valence-electron chi connectivity index (χ1n) is 11.2. The monoisotopic (exact) mass is 370 g/mol. The van der Waals surface area contributed by atoms with Crippen molar-refractivity contribution in [3.05, 3.63) is 12.2 Å². The molecule has 0 spiro atoms. The lowest BCUT2D eigenvalue weighted by Gasteiger charge is -2.47. The van der Waals surface area contributed by atoms with E-state index in [0.29, 0.717) is 36.9 Å². The second-order valence-electron chi connectivity index (χ2n) is 9.94. The van der Waals surface area contributed by atoms with E-state index in [1.165, 1.54) is 12.8 Å². The van der Waals surface area contributed by atoms with E-state index >= 15 is 0 Å². The van der Waals surface area contributed by atoms with E-state index in [-0.39, 0.29) is 23.8 Å². The van der Waals surface area contributed by atoms with Crippen LogP contribution in [0.5, 0.6) is 0 Å². The minimum Gasteiger partial charge on any atom is -0.466 e. The van der Waals surface area contributed by atoms with Crippen molar-refractivity contribution in [1.82, 2.24) is 0 Å². The van der Waals surface area contributed by atoms with Gasteiger partial charge in [0.05, 0.1) is 25.0 Å². The number of hydrogen-bond donors (Lipinski definition) is 0. The zero-order valence-corrected chi connectivity index (χ0v) is 16.3.